The van der Waals surface area contributed by atoms with Gasteiger partial charge in [-0.1, -0.05) is 45.0 Å². The van der Waals surface area contributed by atoms with E-state index < -0.39 is 6.04 Å². The predicted molar refractivity (Wildman–Crippen MR) is 131 cm³/mol. The van der Waals surface area contributed by atoms with Crippen LogP contribution in [0.25, 0.3) is 0 Å². The molecule has 0 aliphatic carbocycles. The predicted octanol–water partition coefficient (Wildman–Crippen LogP) is 5.16. The Labute approximate surface area is 195 Å². The van der Waals surface area contributed by atoms with Gasteiger partial charge in [0.1, 0.15) is 17.2 Å². The van der Waals surface area contributed by atoms with Crippen LogP contribution in [-0.4, -0.2) is 41.2 Å². The molecule has 0 aromatic heterocycles. The fourth-order valence-corrected chi connectivity index (χ4v) is 5.13. The number of hydrogen-bond donors (Lipinski definition) is 1. The lowest BCUT2D eigenvalue weighted by atomic mass is 9.86. The van der Waals surface area contributed by atoms with Crippen molar-refractivity contribution in [3.8, 4) is 5.75 Å². The van der Waals surface area contributed by atoms with E-state index in [-0.39, 0.29) is 28.1 Å². The highest BCUT2D eigenvalue weighted by molar-refractivity contribution is 7.99. The summed E-state index contributed by atoms with van der Waals surface area (Å²) in [5.74, 6) is 0.959. The number of amides is 2. The summed E-state index contributed by atoms with van der Waals surface area (Å²) in [4.78, 5) is 28.5. The third kappa shape index (κ3) is 5.47. The number of methoxy groups -OCH3 is 1. The Bertz CT molecular complexity index is 957. The van der Waals surface area contributed by atoms with E-state index in [2.05, 4.69) is 50.4 Å². The van der Waals surface area contributed by atoms with Crippen molar-refractivity contribution in [3.63, 3.8) is 0 Å². The van der Waals surface area contributed by atoms with E-state index in [1.807, 2.05) is 20.8 Å². The Morgan fingerprint density at radius 1 is 0.969 bits per heavy atom. The minimum Gasteiger partial charge on any atom is -0.497 e. The average molecular weight is 455 g/mol. The van der Waals surface area contributed by atoms with Crippen LogP contribution >= 0.6 is 11.8 Å². The van der Waals surface area contributed by atoms with Crippen LogP contribution in [0, 0.1) is 0 Å². The van der Waals surface area contributed by atoms with Crippen LogP contribution in [0.4, 0.5) is 0 Å². The monoisotopic (exact) mass is 454 g/mol. The van der Waals surface area contributed by atoms with Crippen molar-refractivity contribution in [2.24, 2.45) is 0 Å². The van der Waals surface area contributed by atoms with E-state index in [9.17, 15) is 9.59 Å². The van der Waals surface area contributed by atoms with Crippen LogP contribution in [0.2, 0.25) is 0 Å². The van der Waals surface area contributed by atoms with Crippen molar-refractivity contribution in [1.82, 2.24) is 10.2 Å². The number of carbonyl (C=O) groups excluding carboxylic acids is 2. The molecule has 1 saturated heterocycles. The third-order valence-electron chi connectivity index (χ3n) is 5.43. The van der Waals surface area contributed by atoms with Gasteiger partial charge in [-0.05, 0) is 61.6 Å². The van der Waals surface area contributed by atoms with E-state index in [1.54, 1.807) is 48.0 Å². The second kappa shape index (κ2) is 9.18. The molecule has 1 aliphatic heterocycles. The summed E-state index contributed by atoms with van der Waals surface area (Å²) in [5, 5.41) is 2.82. The van der Waals surface area contributed by atoms with Gasteiger partial charge in [0, 0.05) is 16.9 Å². The molecule has 0 radical (unpaired) electrons. The number of thioether (sulfide) groups is 1. The highest BCUT2D eigenvalue weighted by Gasteiger charge is 2.43. The summed E-state index contributed by atoms with van der Waals surface area (Å²) in [5.41, 5.74) is 2.48. The van der Waals surface area contributed by atoms with Crippen LogP contribution in [-0.2, 0) is 10.2 Å². The van der Waals surface area contributed by atoms with Crippen LogP contribution in [0.1, 0.15) is 68.4 Å². The number of hydrogen-bond acceptors (Lipinski definition) is 4. The van der Waals surface area contributed by atoms with Gasteiger partial charge in [-0.3, -0.25) is 9.59 Å². The highest BCUT2D eigenvalue weighted by Crippen LogP contribution is 2.43. The molecular formula is C26H34N2O3S. The summed E-state index contributed by atoms with van der Waals surface area (Å²) in [6.07, 6.45) is 0. The quantitative estimate of drug-likeness (QED) is 0.693. The van der Waals surface area contributed by atoms with E-state index in [0.717, 1.165) is 5.56 Å². The first-order valence-electron chi connectivity index (χ1n) is 10.9. The van der Waals surface area contributed by atoms with Gasteiger partial charge in [-0.2, -0.15) is 0 Å². The Hall–Kier alpha value is -2.47. The van der Waals surface area contributed by atoms with Crippen LogP contribution in [0.5, 0.6) is 5.75 Å². The molecule has 2 amide bonds. The maximum atomic E-state index is 13.6. The zero-order valence-corrected chi connectivity index (χ0v) is 20.9. The molecular weight excluding hydrogens is 420 g/mol. The van der Waals surface area contributed by atoms with Gasteiger partial charge < -0.3 is 15.0 Å². The lowest BCUT2D eigenvalue weighted by Gasteiger charge is -2.31. The van der Waals surface area contributed by atoms with E-state index in [1.165, 1.54) is 5.56 Å². The first kappa shape index (κ1) is 24.2. The molecule has 32 heavy (non-hydrogen) atoms. The van der Waals surface area contributed by atoms with E-state index in [0.29, 0.717) is 17.1 Å². The van der Waals surface area contributed by atoms with Crippen molar-refractivity contribution in [1.29, 1.82) is 0 Å². The number of benzene rings is 2. The molecule has 3 rings (SSSR count). The minimum atomic E-state index is -0.541. The largest absolute Gasteiger partial charge is 0.497 e. The van der Waals surface area contributed by atoms with E-state index in [4.69, 9.17) is 4.74 Å². The lowest BCUT2D eigenvalue weighted by molar-refractivity contribution is -0.126. The fourth-order valence-electron chi connectivity index (χ4n) is 3.70. The van der Waals surface area contributed by atoms with Gasteiger partial charge in [-0.15, -0.1) is 11.8 Å². The van der Waals surface area contributed by atoms with Crippen LogP contribution < -0.4 is 10.1 Å². The Balaban J connectivity index is 1.96. The van der Waals surface area contributed by atoms with Crippen molar-refractivity contribution < 1.29 is 14.3 Å². The summed E-state index contributed by atoms with van der Waals surface area (Å²) in [6, 6.07) is 14.9. The number of ether oxygens (including phenoxy) is 1. The molecule has 2 aromatic carbocycles. The van der Waals surface area contributed by atoms with Gasteiger partial charge in [0.15, 0.2) is 0 Å². The average Bonchev–Trinajstić information content (AvgIpc) is 3.17. The molecule has 6 heteroatoms. The molecule has 0 spiro atoms. The lowest BCUT2D eigenvalue weighted by Crippen LogP contribution is -2.52. The maximum Gasteiger partial charge on any atom is 0.255 e. The van der Waals surface area contributed by atoms with Gasteiger partial charge >= 0.3 is 0 Å². The number of carbonyl (C=O) groups is 2. The molecule has 2 aromatic rings. The molecule has 5 nitrogen and oxygen atoms in total. The topological polar surface area (TPSA) is 58.6 Å². The van der Waals surface area contributed by atoms with E-state index >= 15 is 0 Å². The fraction of sp³-hybridized carbons (Fsp3) is 0.462. The van der Waals surface area contributed by atoms with Crippen molar-refractivity contribution in [3.05, 3.63) is 65.2 Å². The zero-order chi connectivity index (χ0) is 23.7. The van der Waals surface area contributed by atoms with Crippen molar-refractivity contribution in [2.75, 3.05) is 12.9 Å². The molecule has 1 aliphatic rings. The standard InChI is InChI=1S/C26H34N2O3S/c1-25(2,3)19-12-8-18(9-13-19)24-28(21(16-32-24)22(29)27-26(4,5)6)23(30)17-10-14-20(31-7)15-11-17/h8-15,21,24H,16H2,1-7H3,(H,27,29). The molecule has 1 fully saturated rings. The molecule has 172 valence electrons. The van der Waals surface area contributed by atoms with Gasteiger partial charge in [0.2, 0.25) is 5.91 Å². The Morgan fingerprint density at radius 3 is 2.06 bits per heavy atom. The second-order valence-corrected chi connectivity index (χ2v) is 11.4. The summed E-state index contributed by atoms with van der Waals surface area (Å²) < 4.78 is 5.22. The summed E-state index contributed by atoms with van der Waals surface area (Å²) >= 11 is 1.63. The van der Waals surface area contributed by atoms with Crippen molar-refractivity contribution in [2.45, 2.75) is 63.9 Å². The molecule has 1 N–H and O–H groups in total. The molecule has 1 heterocycles. The third-order valence-corrected chi connectivity index (χ3v) is 6.76. The summed E-state index contributed by atoms with van der Waals surface area (Å²) in [6.45, 7) is 12.4. The maximum absolute atomic E-state index is 13.6. The number of nitrogens with zero attached hydrogens (tertiary/aromatic N) is 1. The molecule has 0 saturated carbocycles. The van der Waals surface area contributed by atoms with Crippen LogP contribution in [0.15, 0.2) is 48.5 Å². The number of nitrogens with one attached hydrogen (secondary N) is 1. The van der Waals surface area contributed by atoms with Gasteiger partial charge in [0.25, 0.3) is 5.91 Å². The zero-order valence-electron chi connectivity index (χ0n) is 20.1. The normalized spacial score (nSPS) is 19.0. The SMILES string of the molecule is COc1ccc(C(=O)N2C(C(=O)NC(C)(C)C)CSC2c2ccc(C(C)(C)C)cc2)cc1. The highest BCUT2D eigenvalue weighted by atomic mass is 32.2. The van der Waals surface area contributed by atoms with Gasteiger partial charge in [0.05, 0.1) is 7.11 Å². The molecule has 2 unspecified atom stereocenters. The Kier molecular flexibility index (Phi) is 6.94. The molecule has 2 atom stereocenters. The van der Waals surface area contributed by atoms with Crippen LogP contribution in [0.3, 0.4) is 0 Å². The minimum absolute atomic E-state index is 0.0507. The Morgan fingerprint density at radius 2 is 1.56 bits per heavy atom. The van der Waals surface area contributed by atoms with Crippen molar-refractivity contribution >= 4 is 23.6 Å². The second-order valence-electron chi connectivity index (χ2n) is 10.3. The smallest absolute Gasteiger partial charge is 0.255 e. The van der Waals surface area contributed by atoms with Gasteiger partial charge in [-0.25, -0.2) is 0 Å². The number of rotatable bonds is 4. The summed E-state index contributed by atoms with van der Waals surface area (Å²) in [7, 11) is 1.60. The first-order valence-corrected chi connectivity index (χ1v) is 12.0. The molecule has 0 bridgehead atoms. The first-order chi connectivity index (χ1) is 14.9.